The lowest BCUT2D eigenvalue weighted by atomic mass is 10.2. The van der Waals surface area contributed by atoms with Gasteiger partial charge in [-0.2, -0.15) is 0 Å². The zero-order valence-electron chi connectivity index (χ0n) is 10.7. The van der Waals surface area contributed by atoms with Crippen molar-refractivity contribution in [3.05, 3.63) is 59.7 Å². The number of nitrogens with zero attached hydrogens (tertiary/aromatic N) is 3. The molecule has 0 unspecified atom stereocenters. The van der Waals surface area contributed by atoms with E-state index in [1.165, 1.54) is 0 Å². The summed E-state index contributed by atoms with van der Waals surface area (Å²) in [7, 11) is 0. The van der Waals surface area contributed by atoms with Crippen LogP contribution in [-0.4, -0.2) is 26.8 Å². The van der Waals surface area contributed by atoms with Crippen LogP contribution in [0.5, 0.6) is 0 Å². The van der Waals surface area contributed by atoms with E-state index in [0.717, 1.165) is 30.8 Å². The van der Waals surface area contributed by atoms with Gasteiger partial charge >= 0.3 is 0 Å². The van der Waals surface area contributed by atoms with Gasteiger partial charge in [-0.3, -0.25) is 14.8 Å². The minimum absolute atomic E-state index is 0.601. The summed E-state index contributed by atoms with van der Waals surface area (Å²) in [4.78, 5) is 19.2. The molecule has 0 radical (unpaired) electrons. The van der Waals surface area contributed by atoms with Gasteiger partial charge in [-0.05, 0) is 30.5 Å². The molecule has 0 bridgehead atoms. The summed E-state index contributed by atoms with van der Waals surface area (Å²) in [6, 6.07) is 9.57. The molecule has 0 aromatic carbocycles. The number of hydrogen-bond acceptors (Lipinski definition) is 5. The first-order valence-electron chi connectivity index (χ1n) is 5.91. The van der Waals surface area contributed by atoms with E-state index >= 15 is 0 Å². The molecule has 0 atom stereocenters. The van der Waals surface area contributed by atoms with Crippen molar-refractivity contribution < 1.29 is 4.79 Å². The molecule has 0 spiro atoms. The van der Waals surface area contributed by atoms with Crippen LogP contribution in [0.25, 0.3) is 0 Å². The van der Waals surface area contributed by atoms with E-state index in [1.807, 2.05) is 30.5 Å². The minimum atomic E-state index is 0.601. The molecule has 4 nitrogen and oxygen atoms in total. The molecule has 0 N–H and O–H groups in total. The van der Waals surface area contributed by atoms with Crippen molar-refractivity contribution in [1.82, 2.24) is 14.3 Å². The molecule has 19 heavy (non-hydrogen) atoms. The van der Waals surface area contributed by atoms with Crippen LogP contribution < -0.4 is 0 Å². The van der Waals surface area contributed by atoms with Gasteiger partial charge < -0.3 is 0 Å². The van der Waals surface area contributed by atoms with Gasteiger partial charge in [-0.1, -0.05) is 18.0 Å². The highest BCUT2D eigenvalue weighted by molar-refractivity contribution is 7.96. The van der Waals surface area contributed by atoms with E-state index in [2.05, 4.69) is 14.3 Å². The lowest BCUT2D eigenvalue weighted by Crippen LogP contribution is -2.16. The maximum absolute atomic E-state index is 10.6. The highest BCUT2D eigenvalue weighted by atomic mass is 32.2. The lowest BCUT2D eigenvalue weighted by Gasteiger charge is -2.18. The molecule has 0 aliphatic carbocycles. The van der Waals surface area contributed by atoms with E-state index in [-0.39, 0.29) is 0 Å². The maximum Gasteiger partial charge on any atom is 0.151 e. The fraction of sp³-hybridized carbons (Fsp3) is 0.214. The van der Waals surface area contributed by atoms with Gasteiger partial charge in [0.1, 0.15) is 0 Å². The molecule has 2 aromatic rings. The maximum atomic E-state index is 10.6. The molecular formula is C14H15N3OS. The first kappa shape index (κ1) is 13.7. The predicted octanol–water partition coefficient (Wildman–Crippen LogP) is 2.57. The second-order valence-electron chi connectivity index (χ2n) is 4.00. The zero-order chi connectivity index (χ0) is 13.5. The van der Waals surface area contributed by atoms with E-state index < -0.39 is 0 Å². The number of rotatable bonds is 6. The molecule has 0 saturated heterocycles. The van der Waals surface area contributed by atoms with E-state index in [1.54, 1.807) is 30.4 Å². The number of aldehydes is 1. The van der Waals surface area contributed by atoms with E-state index in [0.29, 0.717) is 5.56 Å². The van der Waals surface area contributed by atoms with Crippen molar-refractivity contribution >= 4 is 18.2 Å². The number of pyridine rings is 2. The smallest absolute Gasteiger partial charge is 0.151 e. The highest BCUT2D eigenvalue weighted by Gasteiger charge is 2.07. The van der Waals surface area contributed by atoms with Gasteiger partial charge in [0.05, 0.1) is 24.5 Å². The van der Waals surface area contributed by atoms with Crippen LogP contribution in [0.3, 0.4) is 0 Å². The Morgan fingerprint density at radius 2 is 1.95 bits per heavy atom. The molecule has 0 saturated carbocycles. The van der Waals surface area contributed by atoms with Crippen molar-refractivity contribution in [1.29, 1.82) is 0 Å². The van der Waals surface area contributed by atoms with Crippen LogP contribution >= 0.6 is 11.9 Å². The minimum Gasteiger partial charge on any atom is -0.298 e. The monoisotopic (exact) mass is 273 g/mol. The van der Waals surface area contributed by atoms with Gasteiger partial charge in [-0.15, -0.1) is 0 Å². The Balaban J connectivity index is 2.00. The molecular weight excluding hydrogens is 258 g/mol. The zero-order valence-corrected chi connectivity index (χ0v) is 11.5. The summed E-state index contributed by atoms with van der Waals surface area (Å²) in [5.74, 6) is 0. The quantitative estimate of drug-likeness (QED) is 0.598. The van der Waals surface area contributed by atoms with Gasteiger partial charge in [0, 0.05) is 18.0 Å². The topological polar surface area (TPSA) is 46.1 Å². The van der Waals surface area contributed by atoms with Crippen LogP contribution in [0.15, 0.2) is 42.7 Å². The van der Waals surface area contributed by atoms with E-state index in [9.17, 15) is 4.79 Å². The van der Waals surface area contributed by atoms with Crippen LogP contribution in [0.1, 0.15) is 21.7 Å². The van der Waals surface area contributed by atoms with Crippen molar-refractivity contribution in [2.24, 2.45) is 0 Å². The SMILES string of the molecule is CSN(Cc1ccccn1)Cc1ccc(C=O)cn1. The summed E-state index contributed by atoms with van der Waals surface area (Å²) in [6.45, 7) is 1.48. The predicted molar refractivity (Wildman–Crippen MR) is 76.6 cm³/mol. The Hall–Kier alpha value is -1.72. The van der Waals surface area contributed by atoms with Crippen LogP contribution in [0.2, 0.25) is 0 Å². The summed E-state index contributed by atoms with van der Waals surface area (Å²) < 4.78 is 2.17. The number of aromatic nitrogens is 2. The van der Waals surface area contributed by atoms with Crippen molar-refractivity contribution in [3.8, 4) is 0 Å². The normalized spacial score (nSPS) is 10.6. The number of hydrogen-bond donors (Lipinski definition) is 0. The van der Waals surface area contributed by atoms with Crippen LogP contribution in [0, 0.1) is 0 Å². The Kier molecular flexibility index (Phi) is 5.06. The number of carbonyl (C=O) groups excluding carboxylic acids is 1. The molecule has 0 aliphatic heterocycles. The standard InChI is InChI=1S/C14H15N3OS/c1-19-17(9-13-4-2-3-7-15-13)10-14-6-5-12(11-18)8-16-14/h2-8,11H,9-10H2,1H3. The Morgan fingerprint density at radius 1 is 1.16 bits per heavy atom. The van der Waals surface area contributed by atoms with Crippen LogP contribution in [-0.2, 0) is 13.1 Å². The Labute approximate surface area is 117 Å². The molecule has 0 aliphatic rings. The van der Waals surface area contributed by atoms with Crippen molar-refractivity contribution in [2.75, 3.05) is 6.26 Å². The highest BCUT2D eigenvalue weighted by Crippen LogP contribution is 2.14. The molecule has 2 rings (SSSR count). The van der Waals surface area contributed by atoms with Gasteiger partial charge in [-0.25, -0.2) is 4.31 Å². The van der Waals surface area contributed by atoms with Gasteiger partial charge in [0.2, 0.25) is 0 Å². The molecule has 0 amide bonds. The lowest BCUT2D eigenvalue weighted by molar-refractivity contribution is 0.112. The first-order chi connectivity index (χ1) is 9.31. The summed E-state index contributed by atoms with van der Waals surface area (Å²) >= 11 is 1.65. The Bertz CT molecular complexity index is 516. The van der Waals surface area contributed by atoms with E-state index in [4.69, 9.17) is 0 Å². The third kappa shape index (κ3) is 4.15. The third-order valence-corrected chi connectivity index (χ3v) is 3.42. The third-order valence-electron chi connectivity index (χ3n) is 2.64. The van der Waals surface area contributed by atoms with Gasteiger partial charge in [0.25, 0.3) is 0 Å². The average molecular weight is 273 g/mol. The number of carbonyl (C=O) groups is 1. The summed E-state index contributed by atoms with van der Waals surface area (Å²) in [6.07, 6.45) is 6.23. The summed E-state index contributed by atoms with van der Waals surface area (Å²) in [5, 5.41) is 0. The second-order valence-corrected chi connectivity index (χ2v) is 4.88. The largest absolute Gasteiger partial charge is 0.298 e. The van der Waals surface area contributed by atoms with Gasteiger partial charge in [0.15, 0.2) is 6.29 Å². The summed E-state index contributed by atoms with van der Waals surface area (Å²) in [5.41, 5.74) is 2.57. The average Bonchev–Trinajstić information content (AvgIpc) is 2.48. The first-order valence-corrected chi connectivity index (χ1v) is 7.09. The van der Waals surface area contributed by atoms with Crippen molar-refractivity contribution in [2.45, 2.75) is 13.1 Å². The molecule has 0 fully saturated rings. The molecule has 5 heteroatoms. The molecule has 98 valence electrons. The molecule has 2 aromatic heterocycles. The fourth-order valence-electron chi connectivity index (χ4n) is 1.64. The molecule has 2 heterocycles. The second kappa shape index (κ2) is 7.01. The van der Waals surface area contributed by atoms with Crippen molar-refractivity contribution in [3.63, 3.8) is 0 Å². The van der Waals surface area contributed by atoms with Crippen LogP contribution in [0.4, 0.5) is 0 Å². The fourth-order valence-corrected chi connectivity index (χ4v) is 2.16. The Morgan fingerprint density at radius 3 is 2.47 bits per heavy atom.